The van der Waals surface area contributed by atoms with E-state index in [1.54, 1.807) is 18.3 Å². The van der Waals surface area contributed by atoms with Gasteiger partial charge in [0.15, 0.2) is 12.1 Å². The van der Waals surface area contributed by atoms with E-state index in [4.69, 9.17) is 19.1 Å². The zero-order valence-corrected chi connectivity index (χ0v) is 14.5. The van der Waals surface area contributed by atoms with Crippen molar-refractivity contribution in [2.45, 2.75) is 12.5 Å². The van der Waals surface area contributed by atoms with Crippen LogP contribution in [0.5, 0.6) is 5.75 Å². The number of methoxy groups -OCH3 is 1. The van der Waals surface area contributed by atoms with Gasteiger partial charge in [0, 0.05) is 12.5 Å². The molecule has 140 valence electrons. The van der Waals surface area contributed by atoms with E-state index in [0.29, 0.717) is 18.8 Å². The quantitative estimate of drug-likeness (QED) is 0.675. The van der Waals surface area contributed by atoms with Gasteiger partial charge in [-0.3, -0.25) is 9.59 Å². The second kappa shape index (κ2) is 8.17. The highest BCUT2D eigenvalue weighted by atomic mass is 16.5. The Morgan fingerprint density at radius 3 is 2.74 bits per heavy atom. The second-order valence-electron chi connectivity index (χ2n) is 5.76. The zero-order valence-electron chi connectivity index (χ0n) is 14.5. The third-order valence-electron chi connectivity index (χ3n) is 4.29. The van der Waals surface area contributed by atoms with Crippen LogP contribution in [0, 0.1) is 0 Å². The lowest BCUT2D eigenvalue weighted by Crippen LogP contribution is -2.38. The Kier molecular flexibility index (Phi) is 5.50. The molecule has 0 fully saturated rings. The smallest absolute Gasteiger partial charge is 0.290 e. The molecule has 3 heterocycles. The Balaban J connectivity index is 0.000000659. The summed E-state index contributed by atoms with van der Waals surface area (Å²) in [4.78, 5) is 34.3. The van der Waals surface area contributed by atoms with Crippen LogP contribution < -0.4 is 4.74 Å². The van der Waals surface area contributed by atoms with Crippen molar-refractivity contribution < 1.29 is 23.8 Å². The normalized spacial score (nSPS) is 15.3. The highest BCUT2D eigenvalue weighted by Crippen LogP contribution is 2.32. The van der Waals surface area contributed by atoms with Gasteiger partial charge < -0.3 is 24.1 Å². The van der Waals surface area contributed by atoms with Crippen LogP contribution in [-0.4, -0.2) is 51.0 Å². The van der Waals surface area contributed by atoms with Gasteiger partial charge in [0.1, 0.15) is 12.0 Å². The maximum absolute atomic E-state index is 12.6. The fourth-order valence-electron chi connectivity index (χ4n) is 3.06. The summed E-state index contributed by atoms with van der Waals surface area (Å²) in [7, 11) is 1.64. The monoisotopic (exact) mass is 370 g/mol. The molecule has 0 aliphatic carbocycles. The number of rotatable bonds is 3. The van der Waals surface area contributed by atoms with Crippen LogP contribution in [0.2, 0.25) is 0 Å². The van der Waals surface area contributed by atoms with E-state index in [2.05, 4.69) is 15.0 Å². The number of benzene rings is 1. The molecule has 0 saturated carbocycles. The van der Waals surface area contributed by atoms with Crippen LogP contribution in [0.4, 0.5) is 0 Å². The summed E-state index contributed by atoms with van der Waals surface area (Å²) < 4.78 is 10.1. The van der Waals surface area contributed by atoms with Crippen molar-refractivity contribution >= 4 is 12.4 Å². The summed E-state index contributed by atoms with van der Waals surface area (Å²) in [5.74, 6) is 0.650. The van der Waals surface area contributed by atoms with Crippen molar-refractivity contribution in [3.05, 3.63) is 65.9 Å². The molecule has 1 aliphatic heterocycles. The van der Waals surface area contributed by atoms with Gasteiger partial charge in [0.2, 0.25) is 0 Å². The number of aromatic amines is 1. The average Bonchev–Trinajstić information content (AvgIpc) is 3.39. The van der Waals surface area contributed by atoms with E-state index in [0.717, 1.165) is 22.7 Å². The van der Waals surface area contributed by atoms with E-state index in [9.17, 15) is 4.79 Å². The number of H-pyrrole nitrogens is 1. The first kappa shape index (κ1) is 18.2. The molecule has 9 heteroatoms. The Labute approximate surface area is 154 Å². The minimum atomic E-state index is -0.250. The van der Waals surface area contributed by atoms with Gasteiger partial charge in [-0.05, 0) is 17.7 Å². The summed E-state index contributed by atoms with van der Waals surface area (Å²) >= 11 is 0. The van der Waals surface area contributed by atoms with Gasteiger partial charge in [-0.2, -0.15) is 0 Å². The molecule has 0 radical (unpaired) electrons. The van der Waals surface area contributed by atoms with Crippen LogP contribution in [-0.2, 0) is 11.3 Å². The van der Waals surface area contributed by atoms with Gasteiger partial charge >= 0.3 is 0 Å². The van der Waals surface area contributed by atoms with Crippen molar-refractivity contribution in [1.29, 1.82) is 0 Å². The molecule has 9 nitrogen and oxygen atoms in total. The van der Waals surface area contributed by atoms with E-state index in [-0.39, 0.29) is 18.3 Å². The number of aromatic nitrogens is 3. The Morgan fingerprint density at radius 1 is 1.37 bits per heavy atom. The topological polar surface area (TPSA) is 122 Å². The number of hydrogen-bond acceptors (Lipinski definition) is 6. The fraction of sp³-hybridized carbons (Fsp3) is 0.222. The molecule has 0 spiro atoms. The van der Waals surface area contributed by atoms with Crippen molar-refractivity contribution in [1.82, 2.24) is 19.9 Å². The van der Waals surface area contributed by atoms with Crippen molar-refractivity contribution in [3.63, 3.8) is 0 Å². The summed E-state index contributed by atoms with van der Waals surface area (Å²) in [6.45, 7) is 0.767. The van der Waals surface area contributed by atoms with E-state index in [1.165, 1.54) is 12.7 Å². The molecule has 1 atom stereocenters. The molecule has 1 aliphatic rings. The molecule has 27 heavy (non-hydrogen) atoms. The third kappa shape index (κ3) is 3.81. The second-order valence-corrected chi connectivity index (χ2v) is 5.76. The first-order valence-corrected chi connectivity index (χ1v) is 8.09. The van der Waals surface area contributed by atoms with Crippen molar-refractivity contribution in [2.24, 2.45) is 0 Å². The predicted octanol–water partition coefficient (Wildman–Crippen LogP) is 1.90. The summed E-state index contributed by atoms with van der Waals surface area (Å²) in [6, 6.07) is 7.85. The highest BCUT2D eigenvalue weighted by Gasteiger charge is 2.32. The molecular weight excluding hydrogens is 352 g/mol. The van der Waals surface area contributed by atoms with E-state index in [1.807, 2.05) is 24.3 Å². The van der Waals surface area contributed by atoms with Crippen molar-refractivity contribution in [2.75, 3.05) is 13.7 Å². The van der Waals surface area contributed by atoms with E-state index >= 15 is 0 Å². The van der Waals surface area contributed by atoms with Gasteiger partial charge in [-0.15, -0.1) is 0 Å². The first-order chi connectivity index (χ1) is 13.2. The van der Waals surface area contributed by atoms with Crippen LogP contribution in [0.25, 0.3) is 0 Å². The lowest BCUT2D eigenvalue weighted by atomic mass is 9.90. The van der Waals surface area contributed by atoms with Gasteiger partial charge in [-0.25, -0.2) is 9.97 Å². The molecule has 2 N–H and O–H groups in total. The SMILES string of the molecule is COc1ccc(C2CN(C(=O)c3cocn3)Cc3[nH]cnc32)cc1.O=CO. The Bertz CT molecular complexity index is 889. The summed E-state index contributed by atoms with van der Waals surface area (Å²) in [5.41, 5.74) is 3.32. The number of carboxylic acid groups (broad SMARTS) is 1. The van der Waals surface area contributed by atoms with E-state index < -0.39 is 0 Å². The molecule has 2 aromatic heterocycles. The predicted molar refractivity (Wildman–Crippen MR) is 93.4 cm³/mol. The minimum Gasteiger partial charge on any atom is -0.497 e. The largest absolute Gasteiger partial charge is 0.497 e. The molecule has 1 aromatic carbocycles. The number of nitrogens with zero attached hydrogens (tertiary/aromatic N) is 3. The number of ether oxygens (including phenoxy) is 1. The number of hydrogen-bond donors (Lipinski definition) is 2. The summed E-state index contributed by atoms with van der Waals surface area (Å²) in [5, 5.41) is 6.89. The summed E-state index contributed by atoms with van der Waals surface area (Å²) in [6.07, 6.45) is 4.30. The van der Waals surface area contributed by atoms with Crippen LogP contribution in [0.3, 0.4) is 0 Å². The zero-order chi connectivity index (χ0) is 19.2. The lowest BCUT2D eigenvalue weighted by Gasteiger charge is -2.31. The molecule has 1 unspecified atom stereocenters. The van der Waals surface area contributed by atoms with Gasteiger partial charge in [0.05, 0.1) is 31.4 Å². The first-order valence-electron chi connectivity index (χ1n) is 8.09. The number of carbonyl (C=O) groups excluding carboxylic acids is 1. The molecule has 0 bridgehead atoms. The van der Waals surface area contributed by atoms with Gasteiger partial charge in [0.25, 0.3) is 12.4 Å². The van der Waals surface area contributed by atoms with Crippen LogP contribution >= 0.6 is 0 Å². The van der Waals surface area contributed by atoms with Gasteiger partial charge in [-0.1, -0.05) is 12.1 Å². The number of amides is 1. The van der Waals surface area contributed by atoms with Crippen LogP contribution in [0.15, 0.2) is 47.7 Å². The Morgan fingerprint density at radius 2 is 2.11 bits per heavy atom. The number of oxazole rings is 1. The highest BCUT2D eigenvalue weighted by molar-refractivity contribution is 5.92. The lowest BCUT2D eigenvalue weighted by molar-refractivity contribution is -0.122. The third-order valence-corrected chi connectivity index (χ3v) is 4.29. The number of imidazole rings is 1. The average molecular weight is 370 g/mol. The fourth-order valence-corrected chi connectivity index (χ4v) is 3.06. The Hall–Kier alpha value is -3.62. The molecule has 0 saturated heterocycles. The molecule has 3 aromatic rings. The number of fused-ring (bicyclic) bond motifs is 1. The number of nitrogens with one attached hydrogen (secondary N) is 1. The maximum Gasteiger partial charge on any atom is 0.290 e. The standard InChI is InChI=1S/C17H16N4O3.CH2O2/c1-23-12-4-2-11(3-5-12)13-6-21(7-14-16(13)19-9-18-14)17(22)15-8-24-10-20-15;2-1-3/h2-5,8-10,13H,6-7H2,1H3,(H,18,19);1H,(H,2,3). The maximum atomic E-state index is 12.6. The molecule has 4 rings (SSSR count). The van der Waals surface area contributed by atoms with Crippen LogP contribution in [0.1, 0.15) is 33.4 Å². The molecule has 1 amide bonds. The van der Waals surface area contributed by atoms with Crippen molar-refractivity contribution in [3.8, 4) is 5.75 Å². The minimum absolute atomic E-state index is 0.00163. The number of carbonyl (C=O) groups is 2. The molecular formula is C18H18N4O5.